The van der Waals surface area contributed by atoms with Crippen molar-refractivity contribution in [3.63, 3.8) is 0 Å². The van der Waals surface area contributed by atoms with Crippen LogP contribution in [0.5, 0.6) is 0 Å². The Hall–Kier alpha value is -1.34. The Balaban J connectivity index is 1.73. The van der Waals surface area contributed by atoms with Gasteiger partial charge in [0.25, 0.3) is 0 Å². The molecule has 3 amide bonds. The third-order valence-electron chi connectivity index (χ3n) is 4.04. The van der Waals surface area contributed by atoms with Crippen LogP contribution in [0, 0.1) is 0 Å². The van der Waals surface area contributed by atoms with E-state index in [9.17, 15) is 9.59 Å². The summed E-state index contributed by atoms with van der Waals surface area (Å²) in [5.74, 6) is 0.187. The van der Waals surface area contributed by atoms with Crippen LogP contribution in [-0.4, -0.2) is 92.1 Å². The van der Waals surface area contributed by atoms with E-state index in [0.717, 1.165) is 32.6 Å². The Bertz CT molecular complexity index is 347. The van der Waals surface area contributed by atoms with Gasteiger partial charge in [-0.15, -0.1) is 0 Å². The first-order valence-corrected chi connectivity index (χ1v) is 7.94. The lowest BCUT2D eigenvalue weighted by atomic mass is 10.3. The number of rotatable bonds is 3. The summed E-state index contributed by atoms with van der Waals surface area (Å²) in [4.78, 5) is 29.9. The van der Waals surface area contributed by atoms with Crippen molar-refractivity contribution in [1.29, 1.82) is 0 Å². The molecule has 7 heteroatoms. The van der Waals surface area contributed by atoms with Crippen molar-refractivity contribution in [2.24, 2.45) is 0 Å². The van der Waals surface area contributed by atoms with Gasteiger partial charge in [0.05, 0.1) is 6.54 Å². The molecule has 2 fully saturated rings. The fourth-order valence-corrected chi connectivity index (χ4v) is 2.77. The van der Waals surface area contributed by atoms with Gasteiger partial charge in [-0.25, -0.2) is 4.79 Å². The molecule has 2 N–H and O–H groups in total. The summed E-state index contributed by atoms with van der Waals surface area (Å²) in [5, 5.41) is 6.14. The summed E-state index contributed by atoms with van der Waals surface area (Å²) in [6.45, 7) is 9.50. The second-order valence-electron chi connectivity index (χ2n) is 5.58. The van der Waals surface area contributed by atoms with Gasteiger partial charge >= 0.3 is 6.03 Å². The fraction of sp³-hybridized carbons (Fsp3) is 0.857. The van der Waals surface area contributed by atoms with Crippen molar-refractivity contribution in [3.05, 3.63) is 0 Å². The normalized spacial score (nSPS) is 21.0. The van der Waals surface area contributed by atoms with Crippen LogP contribution in [0.15, 0.2) is 0 Å². The number of hydrogen-bond acceptors (Lipinski definition) is 4. The Morgan fingerprint density at radius 3 is 2.43 bits per heavy atom. The van der Waals surface area contributed by atoms with Gasteiger partial charge in [0.2, 0.25) is 5.91 Å². The number of carbonyl (C=O) groups is 2. The maximum Gasteiger partial charge on any atom is 0.317 e. The van der Waals surface area contributed by atoms with Crippen molar-refractivity contribution >= 4 is 11.9 Å². The highest BCUT2D eigenvalue weighted by Gasteiger charge is 2.24. The second-order valence-corrected chi connectivity index (χ2v) is 5.58. The zero-order chi connectivity index (χ0) is 15.1. The average molecular weight is 297 g/mol. The average Bonchev–Trinajstić information content (AvgIpc) is 2.76. The molecule has 0 spiro atoms. The maximum absolute atomic E-state index is 12.3. The third-order valence-corrected chi connectivity index (χ3v) is 4.04. The minimum Gasteiger partial charge on any atom is -0.338 e. The van der Waals surface area contributed by atoms with Gasteiger partial charge in [0, 0.05) is 45.8 Å². The first-order valence-electron chi connectivity index (χ1n) is 7.94. The zero-order valence-electron chi connectivity index (χ0n) is 12.9. The number of amides is 3. The van der Waals surface area contributed by atoms with Crippen LogP contribution in [0.1, 0.15) is 13.3 Å². The number of nitrogens with zero attached hydrogens (tertiary/aromatic N) is 3. The monoisotopic (exact) mass is 297 g/mol. The molecule has 0 atom stereocenters. The van der Waals surface area contributed by atoms with E-state index >= 15 is 0 Å². The van der Waals surface area contributed by atoms with Crippen molar-refractivity contribution in [2.75, 3.05) is 65.4 Å². The van der Waals surface area contributed by atoms with E-state index in [1.807, 2.05) is 11.8 Å². The highest BCUT2D eigenvalue weighted by molar-refractivity contribution is 5.79. The molecule has 0 aromatic rings. The molecule has 120 valence electrons. The van der Waals surface area contributed by atoms with E-state index in [1.54, 1.807) is 4.90 Å². The fourth-order valence-electron chi connectivity index (χ4n) is 2.77. The lowest BCUT2D eigenvalue weighted by Crippen LogP contribution is -2.54. The van der Waals surface area contributed by atoms with Crippen LogP contribution in [0.3, 0.4) is 0 Å². The maximum atomic E-state index is 12.3. The molecule has 2 saturated heterocycles. The predicted molar refractivity (Wildman–Crippen MR) is 81.2 cm³/mol. The molecule has 0 aromatic heterocycles. The summed E-state index contributed by atoms with van der Waals surface area (Å²) >= 11 is 0. The minimum atomic E-state index is -0.0248. The number of nitrogens with one attached hydrogen (secondary N) is 2. The van der Waals surface area contributed by atoms with Gasteiger partial charge in [-0.05, 0) is 26.4 Å². The van der Waals surface area contributed by atoms with Crippen molar-refractivity contribution in [1.82, 2.24) is 25.3 Å². The number of piperazine rings is 1. The van der Waals surface area contributed by atoms with Gasteiger partial charge in [-0.2, -0.15) is 0 Å². The van der Waals surface area contributed by atoms with E-state index < -0.39 is 0 Å². The molecule has 0 aromatic carbocycles. The van der Waals surface area contributed by atoms with Crippen LogP contribution in [0.2, 0.25) is 0 Å². The summed E-state index contributed by atoms with van der Waals surface area (Å²) in [6, 6.07) is -0.0248. The van der Waals surface area contributed by atoms with E-state index in [-0.39, 0.29) is 11.9 Å². The molecule has 0 radical (unpaired) electrons. The third kappa shape index (κ3) is 4.86. The van der Waals surface area contributed by atoms with Gasteiger partial charge in [-0.3, -0.25) is 9.69 Å². The number of hydrogen-bond donors (Lipinski definition) is 2. The van der Waals surface area contributed by atoms with Gasteiger partial charge in [0.1, 0.15) is 0 Å². The van der Waals surface area contributed by atoms with Crippen molar-refractivity contribution in [3.8, 4) is 0 Å². The number of urea groups is 1. The summed E-state index contributed by atoms with van der Waals surface area (Å²) < 4.78 is 0. The standard InChI is InChI=1S/C14H27N5O2/c1-2-16-14(21)19-10-8-18(9-11-19)13(20)12-17-6-3-4-15-5-7-17/h15H,2-12H2,1H3,(H,16,21). The van der Waals surface area contributed by atoms with E-state index in [0.29, 0.717) is 39.3 Å². The van der Waals surface area contributed by atoms with E-state index in [4.69, 9.17) is 0 Å². The van der Waals surface area contributed by atoms with Crippen LogP contribution in [0.4, 0.5) is 4.79 Å². The Labute approximate surface area is 126 Å². The van der Waals surface area contributed by atoms with Crippen LogP contribution in [0.25, 0.3) is 0 Å². The smallest absolute Gasteiger partial charge is 0.317 e. The molecule has 0 unspecified atom stereocenters. The van der Waals surface area contributed by atoms with Crippen molar-refractivity contribution in [2.45, 2.75) is 13.3 Å². The van der Waals surface area contributed by atoms with Gasteiger partial charge in [0.15, 0.2) is 0 Å². The molecular weight excluding hydrogens is 270 g/mol. The molecule has 2 rings (SSSR count). The van der Waals surface area contributed by atoms with Crippen molar-refractivity contribution < 1.29 is 9.59 Å². The summed E-state index contributed by atoms with van der Waals surface area (Å²) in [5.41, 5.74) is 0. The lowest BCUT2D eigenvalue weighted by molar-refractivity contribution is -0.133. The Morgan fingerprint density at radius 2 is 1.71 bits per heavy atom. The zero-order valence-corrected chi connectivity index (χ0v) is 12.9. The Morgan fingerprint density at radius 1 is 1.00 bits per heavy atom. The van der Waals surface area contributed by atoms with Crippen LogP contribution < -0.4 is 10.6 Å². The first-order chi connectivity index (χ1) is 10.2. The van der Waals surface area contributed by atoms with Gasteiger partial charge in [-0.1, -0.05) is 0 Å². The molecule has 0 saturated carbocycles. The molecule has 0 bridgehead atoms. The van der Waals surface area contributed by atoms with E-state index in [2.05, 4.69) is 15.5 Å². The summed E-state index contributed by atoms with van der Waals surface area (Å²) in [7, 11) is 0. The molecule has 2 heterocycles. The predicted octanol–water partition coefficient (Wildman–Crippen LogP) is -0.845. The molecule has 21 heavy (non-hydrogen) atoms. The lowest BCUT2D eigenvalue weighted by Gasteiger charge is -2.35. The molecule has 7 nitrogen and oxygen atoms in total. The Kier molecular flexibility index (Phi) is 6.25. The van der Waals surface area contributed by atoms with Gasteiger partial charge < -0.3 is 20.4 Å². The molecule has 2 aliphatic rings. The molecular formula is C14H27N5O2. The molecule has 2 aliphatic heterocycles. The summed E-state index contributed by atoms with van der Waals surface area (Å²) in [6.07, 6.45) is 1.10. The second kappa shape index (κ2) is 8.19. The highest BCUT2D eigenvalue weighted by Crippen LogP contribution is 2.04. The SMILES string of the molecule is CCNC(=O)N1CCN(C(=O)CN2CCCNCC2)CC1. The largest absolute Gasteiger partial charge is 0.338 e. The quantitative estimate of drug-likeness (QED) is 0.712. The number of carbonyl (C=O) groups excluding carboxylic acids is 2. The van der Waals surface area contributed by atoms with Crippen LogP contribution in [-0.2, 0) is 4.79 Å². The molecule has 0 aliphatic carbocycles. The van der Waals surface area contributed by atoms with Crippen LogP contribution >= 0.6 is 0 Å². The highest BCUT2D eigenvalue weighted by atomic mass is 16.2. The minimum absolute atomic E-state index is 0.0248. The topological polar surface area (TPSA) is 67.9 Å². The first kappa shape index (κ1) is 16.0. The van der Waals surface area contributed by atoms with E-state index in [1.165, 1.54) is 0 Å².